The Morgan fingerprint density at radius 3 is 3.00 bits per heavy atom. The maximum absolute atomic E-state index is 6.20. The van der Waals surface area contributed by atoms with Gasteiger partial charge in [-0.25, -0.2) is 4.98 Å². The molecule has 0 amide bonds. The average molecular weight is 226 g/mol. The highest BCUT2D eigenvalue weighted by atomic mass is 32.1. The Hall–Kier alpha value is -0.450. The molecule has 0 saturated heterocycles. The highest BCUT2D eigenvalue weighted by Gasteiger charge is 2.36. The Balaban J connectivity index is 1.92. The third-order valence-electron chi connectivity index (χ3n) is 2.88. The molecule has 3 nitrogen and oxygen atoms in total. The van der Waals surface area contributed by atoms with Gasteiger partial charge in [0.2, 0.25) is 0 Å². The van der Waals surface area contributed by atoms with Crippen LogP contribution in [0.4, 0.5) is 0 Å². The summed E-state index contributed by atoms with van der Waals surface area (Å²) in [6.45, 7) is 3.55. The standard InChI is InChI=1S/C11H18N2OS/c1-2-6-14-7-10-13-9(8-15-10)11(12)4-3-5-11/h8H,2-7,12H2,1H3. The lowest BCUT2D eigenvalue weighted by atomic mass is 9.76. The third kappa shape index (κ3) is 2.38. The zero-order chi connectivity index (χ0) is 10.7. The van der Waals surface area contributed by atoms with Crippen LogP contribution in [-0.2, 0) is 16.9 Å². The minimum Gasteiger partial charge on any atom is -0.374 e. The molecule has 1 aliphatic carbocycles. The van der Waals surface area contributed by atoms with E-state index in [0.717, 1.165) is 36.6 Å². The molecule has 2 N–H and O–H groups in total. The minimum atomic E-state index is -0.125. The molecule has 1 heterocycles. The lowest BCUT2D eigenvalue weighted by Gasteiger charge is -2.36. The maximum atomic E-state index is 6.20. The molecule has 1 saturated carbocycles. The summed E-state index contributed by atoms with van der Waals surface area (Å²) in [4.78, 5) is 4.54. The van der Waals surface area contributed by atoms with E-state index < -0.39 is 0 Å². The predicted octanol–water partition coefficient (Wildman–Crippen LogP) is 2.41. The van der Waals surface area contributed by atoms with Crippen molar-refractivity contribution in [2.45, 2.75) is 44.8 Å². The number of nitrogens with two attached hydrogens (primary N) is 1. The van der Waals surface area contributed by atoms with Gasteiger partial charge in [-0.3, -0.25) is 0 Å². The van der Waals surface area contributed by atoms with E-state index in [1.807, 2.05) is 0 Å². The Labute approximate surface area is 94.7 Å². The van der Waals surface area contributed by atoms with Crippen molar-refractivity contribution in [3.8, 4) is 0 Å². The quantitative estimate of drug-likeness (QED) is 0.784. The second kappa shape index (κ2) is 4.60. The summed E-state index contributed by atoms with van der Waals surface area (Å²) in [6.07, 6.45) is 4.44. The fraction of sp³-hybridized carbons (Fsp3) is 0.727. The largest absolute Gasteiger partial charge is 0.374 e. The molecule has 1 aliphatic rings. The van der Waals surface area contributed by atoms with E-state index in [0.29, 0.717) is 6.61 Å². The van der Waals surface area contributed by atoms with E-state index in [1.54, 1.807) is 11.3 Å². The molecule has 84 valence electrons. The van der Waals surface area contributed by atoms with Crippen LogP contribution in [0.15, 0.2) is 5.38 Å². The summed E-state index contributed by atoms with van der Waals surface area (Å²) < 4.78 is 5.45. The summed E-state index contributed by atoms with van der Waals surface area (Å²) in [6, 6.07) is 0. The van der Waals surface area contributed by atoms with Gasteiger partial charge in [-0.05, 0) is 25.7 Å². The number of aromatic nitrogens is 1. The SMILES string of the molecule is CCCOCc1nc(C2(N)CCC2)cs1. The van der Waals surface area contributed by atoms with Crippen LogP contribution in [0.3, 0.4) is 0 Å². The highest BCUT2D eigenvalue weighted by molar-refractivity contribution is 7.09. The van der Waals surface area contributed by atoms with Gasteiger partial charge in [0.05, 0.1) is 17.8 Å². The second-order valence-corrected chi connectivity index (χ2v) is 5.13. The number of thiazole rings is 1. The molecule has 1 aromatic rings. The molecule has 0 aliphatic heterocycles. The second-order valence-electron chi connectivity index (χ2n) is 4.19. The van der Waals surface area contributed by atoms with Crippen molar-refractivity contribution in [2.75, 3.05) is 6.61 Å². The number of ether oxygens (including phenoxy) is 1. The summed E-state index contributed by atoms with van der Waals surface area (Å²) in [5, 5.41) is 3.14. The molecule has 0 radical (unpaired) electrons. The fourth-order valence-corrected chi connectivity index (χ4v) is 2.56. The first-order chi connectivity index (χ1) is 7.24. The molecule has 1 aromatic heterocycles. The van der Waals surface area contributed by atoms with Crippen LogP contribution in [0.1, 0.15) is 43.3 Å². The molecule has 2 rings (SSSR count). The van der Waals surface area contributed by atoms with Crippen molar-refractivity contribution in [3.63, 3.8) is 0 Å². The van der Waals surface area contributed by atoms with Crippen LogP contribution >= 0.6 is 11.3 Å². The summed E-state index contributed by atoms with van der Waals surface area (Å²) in [5.74, 6) is 0. The van der Waals surface area contributed by atoms with Gasteiger partial charge < -0.3 is 10.5 Å². The monoisotopic (exact) mass is 226 g/mol. The van der Waals surface area contributed by atoms with Crippen molar-refractivity contribution in [1.82, 2.24) is 4.98 Å². The minimum absolute atomic E-state index is 0.125. The number of hydrogen-bond acceptors (Lipinski definition) is 4. The van der Waals surface area contributed by atoms with Gasteiger partial charge in [0.15, 0.2) is 0 Å². The Morgan fingerprint density at radius 1 is 1.60 bits per heavy atom. The van der Waals surface area contributed by atoms with E-state index in [4.69, 9.17) is 10.5 Å². The van der Waals surface area contributed by atoms with E-state index >= 15 is 0 Å². The lowest BCUT2D eigenvalue weighted by Crippen LogP contribution is -2.43. The first-order valence-electron chi connectivity index (χ1n) is 5.56. The lowest BCUT2D eigenvalue weighted by molar-refractivity contribution is 0.121. The molecular formula is C11H18N2OS. The average Bonchev–Trinajstić information content (AvgIpc) is 2.64. The van der Waals surface area contributed by atoms with E-state index in [2.05, 4.69) is 17.3 Å². The van der Waals surface area contributed by atoms with Crippen LogP contribution in [0.25, 0.3) is 0 Å². The summed E-state index contributed by atoms with van der Waals surface area (Å²) in [5.41, 5.74) is 7.13. The van der Waals surface area contributed by atoms with Gasteiger partial charge in [0.25, 0.3) is 0 Å². The van der Waals surface area contributed by atoms with Crippen molar-refractivity contribution < 1.29 is 4.74 Å². The molecule has 0 spiro atoms. The Kier molecular flexibility index (Phi) is 3.38. The summed E-state index contributed by atoms with van der Waals surface area (Å²) >= 11 is 1.66. The normalized spacial score (nSPS) is 18.8. The van der Waals surface area contributed by atoms with Crippen LogP contribution in [-0.4, -0.2) is 11.6 Å². The van der Waals surface area contributed by atoms with Crippen LogP contribution in [0, 0.1) is 0 Å². The molecule has 0 bridgehead atoms. The predicted molar refractivity (Wildman–Crippen MR) is 61.8 cm³/mol. The number of hydrogen-bond donors (Lipinski definition) is 1. The molecule has 1 fully saturated rings. The molecule has 4 heteroatoms. The van der Waals surface area contributed by atoms with E-state index in [9.17, 15) is 0 Å². The molecule has 0 unspecified atom stereocenters. The molecule has 0 atom stereocenters. The molecule has 15 heavy (non-hydrogen) atoms. The zero-order valence-corrected chi connectivity index (χ0v) is 9.98. The van der Waals surface area contributed by atoms with Crippen molar-refractivity contribution in [2.24, 2.45) is 5.73 Å². The smallest absolute Gasteiger partial charge is 0.119 e. The van der Waals surface area contributed by atoms with Gasteiger partial charge in [0, 0.05) is 12.0 Å². The Bertz CT molecular complexity index is 320. The van der Waals surface area contributed by atoms with Crippen LogP contribution in [0.2, 0.25) is 0 Å². The van der Waals surface area contributed by atoms with E-state index in [-0.39, 0.29) is 5.54 Å². The summed E-state index contributed by atoms with van der Waals surface area (Å²) in [7, 11) is 0. The number of nitrogens with zero attached hydrogens (tertiary/aromatic N) is 1. The Morgan fingerprint density at radius 2 is 2.40 bits per heavy atom. The van der Waals surface area contributed by atoms with Gasteiger partial charge >= 0.3 is 0 Å². The van der Waals surface area contributed by atoms with Gasteiger partial charge in [0.1, 0.15) is 5.01 Å². The third-order valence-corrected chi connectivity index (χ3v) is 3.70. The molecular weight excluding hydrogens is 208 g/mol. The van der Waals surface area contributed by atoms with Crippen molar-refractivity contribution in [1.29, 1.82) is 0 Å². The highest BCUT2D eigenvalue weighted by Crippen LogP contribution is 2.38. The van der Waals surface area contributed by atoms with Gasteiger partial charge in [-0.1, -0.05) is 6.92 Å². The van der Waals surface area contributed by atoms with Crippen molar-refractivity contribution in [3.05, 3.63) is 16.1 Å². The zero-order valence-electron chi connectivity index (χ0n) is 9.16. The van der Waals surface area contributed by atoms with Gasteiger partial charge in [-0.2, -0.15) is 0 Å². The van der Waals surface area contributed by atoms with Gasteiger partial charge in [-0.15, -0.1) is 11.3 Å². The van der Waals surface area contributed by atoms with E-state index in [1.165, 1.54) is 6.42 Å². The van der Waals surface area contributed by atoms with Crippen LogP contribution < -0.4 is 5.73 Å². The van der Waals surface area contributed by atoms with Crippen molar-refractivity contribution >= 4 is 11.3 Å². The first-order valence-corrected chi connectivity index (χ1v) is 6.44. The van der Waals surface area contributed by atoms with Crippen LogP contribution in [0.5, 0.6) is 0 Å². The first kappa shape index (κ1) is 11.0. The topological polar surface area (TPSA) is 48.1 Å². The number of rotatable bonds is 5. The maximum Gasteiger partial charge on any atom is 0.119 e. The fourth-order valence-electron chi connectivity index (χ4n) is 1.72. The molecule has 0 aromatic carbocycles.